The number of carbonyl (C=O) groups is 4. The molecule has 2 heterocycles. The van der Waals surface area contributed by atoms with E-state index in [2.05, 4.69) is 36.4 Å². The molecule has 13 nitrogen and oxygen atoms in total. The predicted molar refractivity (Wildman–Crippen MR) is 185 cm³/mol. The van der Waals surface area contributed by atoms with Crippen molar-refractivity contribution in [2.24, 2.45) is 11.8 Å². The Morgan fingerprint density at radius 2 is 1.17 bits per heavy atom. The maximum absolute atomic E-state index is 13.0. The van der Waals surface area contributed by atoms with Gasteiger partial charge in [0.25, 0.3) is 5.91 Å². The monoisotopic (exact) mass is 717 g/mol. The van der Waals surface area contributed by atoms with Crippen molar-refractivity contribution in [2.45, 2.75) is 97.9 Å². The van der Waals surface area contributed by atoms with Crippen LogP contribution in [0.4, 0.5) is 9.59 Å². The number of carbonyl (C=O) groups excluding carboxylic acids is 8. The van der Waals surface area contributed by atoms with Crippen LogP contribution in [-0.2, 0) is 51.1 Å². The average molecular weight is 718 g/mol. The fourth-order valence-electron chi connectivity index (χ4n) is 7.06. The predicted octanol–water partition coefficient (Wildman–Crippen LogP) is 5.64. The van der Waals surface area contributed by atoms with Gasteiger partial charge >= 0.3 is 24.5 Å². The summed E-state index contributed by atoms with van der Waals surface area (Å²) in [6.45, 7) is 14.9. The minimum Gasteiger partial charge on any atom is -0.443 e. The zero-order valence-corrected chi connectivity index (χ0v) is 31.4. The van der Waals surface area contributed by atoms with Crippen LogP contribution in [0.1, 0.15) is 93.4 Å². The van der Waals surface area contributed by atoms with Gasteiger partial charge in [-0.1, -0.05) is 47.5 Å². The molecule has 278 valence electrons. The minimum absolute atomic E-state index is 0.0146. The molecule has 4 amide bonds. The van der Waals surface area contributed by atoms with Gasteiger partial charge in [-0.15, -0.1) is 0 Å². The molecule has 4 aliphatic rings. The van der Waals surface area contributed by atoms with Crippen LogP contribution in [0.5, 0.6) is 0 Å². The molecule has 2 aliphatic carbocycles. The number of imide groups is 2. The smallest absolute Gasteiger partial charge is 0.417 e. The van der Waals surface area contributed by atoms with Crippen LogP contribution in [-0.4, -0.2) is 76.3 Å². The molecule has 13 heteroatoms. The first-order chi connectivity index (χ1) is 24.2. The van der Waals surface area contributed by atoms with E-state index in [0.29, 0.717) is 12.0 Å². The summed E-state index contributed by atoms with van der Waals surface area (Å²) < 4.78 is 10.9. The highest BCUT2D eigenvalue weighted by Gasteiger charge is 2.53. The van der Waals surface area contributed by atoms with E-state index in [0.717, 1.165) is 35.1 Å². The Hall–Kier alpha value is -5.38. The van der Waals surface area contributed by atoms with E-state index >= 15 is 0 Å². The molecule has 52 heavy (non-hydrogen) atoms. The van der Waals surface area contributed by atoms with Crippen molar-refractivity contribution in [3.05, 3.63) is 81.6 Å². The topological polar surface area (TPSA) is 165 Å². The number of nitrogens with zero attached hydrogens (tertiary/aromatic N) is 3. The molecule has 2 aromatic rings. The summed E-state index contributed by atoms with van der Waals surface area (Å²) in [6, 6.07) is 12.1. The first kappa shape index (κ1) is 41.0. The fourth-order valence-corrected chi connectivity index (χ4v) is 7.06. The van der Waals surface area contributed by atoms with Crippen molar-refractivity contribution < 1.29 is 47.8 Å². The van der Waals surface area contributed by atoms with Crippen LogP contribution in [0, 0.1) is 25.7 Å². The number of fused-ring (bicyclic) bond motifs is 6. The highest BCUT2D eigenvalue weighted by atomic mass is 16.6. The molecule has 0 radical (unpaired) electrons. The SMILES string of the molecule is Cc1ccc2c(c1)C1C(C2)/C(=C\N(C)C)C(=O)N1C(=O)OC(C)(C)C.Cc1ccc2c(c1)C1C(CC(=O)N1C(=O)OC(C)(C)C)C2.O=C=O.O=C=O. The maximum Gasteiger partial charge on any atom is 0.417 e. The quantitative estimate of drug-likeness (QED) is 0.335. The summed E-state index contributed by atoms with van der Waals surface area (Å²) in [5, 5.41) is 0. The number of benzene rings is 2. The normalized spacial score (nSPS) is 21.4. The number of hydrogen-bond acceptors (Lipinski definition) is 11. The van der Waals surface area contributed by atoms with E-state index in [1.807, 2.05) is 80.6 Å². The molecule has 0 bridgehead atoms. The van der Waals surface area contributed by atoms with Gasteiger partial charge in [0.15, 0.2) is 0 Å². The Kier molecular flexibility index (Phi) is 12.9. The van der Waals surface area contributed by atoms with Crippen molar-refractivity contribution >= 4 is 36.3 Å². The summed E-state index contributed by atoms with van der Waals surface area (Å²) in [5.41, 5.74) is 6.33. The van der Waals surface area contributed by atoms with E-state index in [9.17, 15) is 19.2 Å². The fraction of sp³-hybridized carbons (Fsp3) is 0.487. The Morgan fingerprint density at radius 3 is 1.63 bits per heavy atom. The summed E-state index contributed by atoms with van der Waals surface area (Å²) in [5.74, 6) is -0.183. The number of likely N-dealkylation sites (tertiary alicyclic amines) is 2. The van der Waals surface area contributed by atoms with E-state index in [1.54, 1.807) is 0 Å². The summed E-state index contributed by atoms with van der Waals surface area (Å²) in [4.78, 5) is 87.4. The zero-order chi connectivity index (χ0) is 39.3. The molecule has 0 aromatic heterocycles. The standard InChI is InChI=1S/C20H26N2O3.C17H21NO3.2CO2/c1-12-7-8-13-10-15-16(11-21(5)6)18(23)22(17(15)14(13)9-12)19(24)25-20(2,3)4;1-10-5-6-11-8-12-9-14(19)18(15(12)13(11)7-10)16(20)21-17(2,3)4;2*2-1-3/h7-9,11,15,17H,10H2,1-6H3;5-7,12,15H,8-9H2,1-4H3;;/b16-11+;;;. The molecule has 4 atom stereocenters. The van der Waals surface area contributed by atoms with Gasteiger partial charge in [-0.05, 0) is 96.4 Å². The first-order valence-electron chi connectivity index (χ1n) is 16.8. The van der Waals surface area contributed by atoms with Crippen molar-refractivity contribution in [1.29, 1.82) is 0 Å². The summed E-state index contributed by atoms with van der Waals surface area (Å²) >= 11 is 0. The van der Waals surface area contributed by atoms with Crippen LogP contribution in [0.25, 0.3) is 0 Å². The van der Waals surface area contributed by atoms with Gasteiger partial charge in [-0.3, -0.25) is 9.59 Å². The van der Waals surface area contributed by atoms with Gasteiger partial charge in [0.05, 0.1) is 12.1 Å². The molecule has 2 saturated heterocycles. The number of rotatable bonds is 1. The molecule has 4 unspecified atom stereocenters. The number of hydrogen-bond donors (Lipinski definition) is 0. The molecule has 0 N–H and O–H groups in total. The molecular weight excluding hydrogens is 670 g/mol. The van der Waals surface area contributed by atoms with Gasteiger partial charge in [0, 0.05) is 38.2 Å². The third-order valence-corrected chi connectivity index (χ3v) is 8.69. The van der Waals surface area contributed by atoms with Crippen LogP contribution >= 0.6 is 0 Å². The zero-order valence-electron chi connectivity index (χ0n) is 31.4. The van der Waals surface area contributed by atoms with Crippen molar-refractivity contribution in [3.8, 4) is 0 Å². The van der Waals surface area contributed by atoms with E-state index in [-0.39, 0.29) is 48.0 Å². The highest BCUT2D eigenvalue weighted by Crippen LogP contribution is 2.50. The van der Waals surface area contributed by atoms with Crippen molar-refractivity contribution in [1.82, 2.24) is 14.7 Å². The summed E-state index contributed by atoms with van der Waals surface area (Å²) in [7, 11) is 3.77. The van der Waals surface area contributed by atoms with Crippen LogP contribution in [0.15, 0.2) is 48.2 Å². The van der Waals surface area contributed by atoms with Gasteiger partial charge in [-0.2, -0.15) is 19.2 Å². The molecule has 6 rings (SSSR count). The molecular formula is C39H47N3O10. The Morgan fingerprint density at radius 1 is 0.731 bits per heavy atom. The Labute approximate surface area is 303 Å². The lowest BCUT2D eigenvalue weighted by atomic mass is 9.97. The Bertz CT molecular complexity index is 1790. The van der Waals surface area contributed by atoms with Crippen molar-refractivity contribution in [2.75, 3.05) is 14.1 Å². The minimum atomic E-state index is -0.644. The molecule has 2 aromatic carbocycles. The van der Waals surface area contributed by atoms with Gasteiger partial charge in [0.1, 0.15) is 11.2 Å². The van der Waals surface area contributed by atoms with E-state index < -0.39 is 23.4 Å². The maximum atomic E-state index is 13.0. The third-order valence-electron chi connectivity index (χ3n) is 8.69. The van der Waals surface area contributed by atoms with Crippen LogP contribution in [0.2, 0.25) is 0 Å². The second-order valence-corrected chi connectivity index (χ2v) is 15.4. The number of ether oxygens (including phenoxy) is 2. The van der Waals surface area contributed by atoms with Gasteiger partial charge < -0.3 is 14.4 Å². The van der Waals surface area contributed by atoms with Crippen LogP contribution in [0.3, 0.4) is 0 Å². The second-order valence-electron chi connectivity index (χ2n) is 15.4. The number of amides is 4. The van der Waals surface area contributed by atoms with E-state index in [1.165, 1.54) is 20.9 Å². The molecule has 2 aliphatic heterocycles. The lowest BCUT2D eigenvalue weighted by molar-refractivity contribution is -0.193. The van der Waals surface area contributed by atoms with Crippen molar-refractivity contribution in [3.63, 3.8) is 0 Å². The molecule has 2 fully saturated rings. The van der Waals surface area contributed by atoms with Gasteiger partial charge in [0.2, 0.25) is 5.91 Å². The Balaban J connectivity index is 0.000000246. The molecule has 0 saturated carbocycles. The largest absolute Gasteiger partial charge is 0.443 e. The second kappa shape index (κ2) is 16.3. The lowest BCUT2D eigenvalue weighted by Gasteiger charge is -2.27. The first-order valence-corrected chi connectivity index (χ1v) is 16.8. The third kappa shape index (κ3) is 9.48. The highest BCUT2D eigenvalue weighted by molar-refractivity contribution is 6.06. The van der Waals surface area contributed by atoms with Crippen LogP contribution < -0.4 is 0 Å². The lowest BCUT2D eigenvalue weighted by Crippen LogP contribution is -2.39. The average Bonchev–Trinajstić information content (AvgIpc) is 3.70. The van der Waals surface area contributed by atoms with Gasteiger partial charge in [-0.25, -0.2) is 19.4 Å². The summed E-state index contributed by atoms with van der Waals surface area (Å²) in [6.07, 6.45) is 3.32. The van der Waals surface area contributed by atoms with E-state index in [4.69, 9.17) is 28.7 Å². The molecule has 0 spiro atoms. The number of aryl methyl sites for hydroxylation is 2.